The van der Waals surface area contributed by atoms with Gasteiger partial charge in [0.1, 0.15) is 0 Å². The molecule has 0 spiro atoms. The Kier molecular flexibility index (Phi) is 4.90. The third kappa shape index (κ3) is 3.61. The van der Waals surface area contributed by atoms with Gasteiger partial charge < -0.3 is 10.2 Å². The van der Waals surface area contributed by atoms with Gasteiger partial charge in [-0.05, 0) is 50.8 Å². The molecule has 1 N–H and O–H groups in total. The van der Waals surface area contributed by atoms with Gasteiger partial charge in [-0.1, -0.05) is 12.1 Å². The van der Waals surface area contributed by atoms with Crippen molar-refractivity contribution < 1.29 is 9.59 Å². The average Bonchev–Trinajstić information content (AvgIpc) is 3.40. The van der Waals surface area contributed by atoms with Crippen LogP contribution in [0.1, 0.15) is 41.3 Å². The van der Waals surface area contributed by atoms with Gasteiger partial charge in [0, 0.05) is 37.8 Å². The number of nitrogens with one attached hydrogen (secondary N) is 1. The summed E-state index contributed by atoms with van der Waals surface area (Å²) in [5.41, 5.74) is 3.00. The van der Waals surface area contributed by atoms with Crippen LogP contribution in [0.2, 0.25) is 0 Å². The van der Waals surface area contributed by atoms with E-state index in [1.165, 1.54) is 0 Å². The molecule has 5 heteroatoms. The van der Waals surface area contributed by atoms with Crippen molar-refractivity contribution in [1.82, 2.24) is 15.1 Å². The molecule has 1 unspecified atom stereocenters. The zero-order valence-electron chi connectivity index (χ0n) is 14.8. The van der Waals surface area contributed by atoms with Crippen LogP contribution in [0.5, 0.6) is 0 Å². The van der Waals surface area contributed by atoms with Crippen LogP contribution >= 0.6 is 0 Å². The first-order valence-corrected chi connectivity index (χ1v) is 8.87. The summed E-state index contributed by atoms with van der Waals surface area (Å²) in [5, 5.41) is 3.06. The highest BCUT2D eigenvalue weighted by Crippen LogP contribution is 2.20. The quantitative estimate of drug-likeness (QED) is 0.915. The van der Waals surface area contributed by atoms with Crippen LogP contribution in [0, 0.1) is 13.8 Å². The summed E-state index contributed by atoms with van der Waals surface area (Å²) in [6.07, 6.45) is 2.22. The Morgan fingerprint density at radius 3 is 2.42 bits per heavy atom. The molecule has 1 heterocycles. The second-order valence-electron chi connectivity index (χ2n) is 7.03. The van der Waals surface area contributed by atoms with Crippen molar-refractivity contribution >= 4 is 11.8 Å². The van der Waals surface area contributed by atoms with E-state index in [2.05, 4.69) is 10.2 Å². The first kappa shape index (κ1) is 17.0. The van der Waals surface area contributed by atoms with Crippen molar-refractivity contribution in [2.24, 2.45) is 0 Å². The van der Waals surface area contributed by atoms with Crippen molar-refractivity contribution in [3.05, 3.63) is 34.9 Å². The van der Waals surface area contributed by atoms with Crippen molar-refractivity contribution in [1.29, 1.82) is 0 Å². The predicted octanol–water partition coefficient (Wildman–Crippen LogP) is 1.73. The summed E-state index contributed by atoms with van der Waals surface area (Å²) < 4.78 is 0. The molecule has 1 aliphatic heterocycles. The molecule has 2 fully saturated rings. The number of carbonyl (C=O) groups excluding carboxylic acids is 2. The molecule has 1 aromatic carbocycles. The molecule has 1 atom stereocenters. The lowest BCUT2D eigenvalue weighted by atomic mass is 10.0. The topological polar surface area (TPSA) is 52.7 Å². The summed E-state index contributed by atoms with van der Waals surface area (Å²) >= 11 is 0. The van der Waals surface area contributed by atoms with Gasteiger partial charge in [-0.15, -0.1) is 0 Å². The maximum absolute atomic E-state index is 12.8. The van der Waals surface area contributed by atoms with Crippen LogP contribution in [-0.4, -0.2) is 59.9 Å². The average molecular weight is 329 g/mol. The second-order valence-corrected chi connectivity index (χ2v) is 7.03. The molecule has 3 rings (SSSR count). The van der Waals surface area contributed by atoms with E-state index >= 15 is 0 Å². The normalized spacial score (nSPS) is 19.9. The molecular weight excluding hydrogens is 302 g/mol. The third-order valence-electron chi connectivity index (χ3n) is 5.29. The van der Waals surface area contributed by atoms with Crippen molar-refractivity contribution in [3.63, 3.8) is 0 Å². The number of aryl methyl sites for hydroxylation is 1. The lowest BCUT2D eigenvalue weighted by Gasteiger charge is -2.37. The molecule has 2 aliphatic rings. The Bertz CT molecular complexity index is 631. The smallest absolute Gasteiger partial charge is 0.254 e. The molecule has 0 radical (unpaired) electrons. The zero-order chi connectivity index (χ0) is 17.3. The molecular formula is C19H27N3O2. The molecule has 1 saturated heterocycles. The van der Waals surface area contributed by atoms with Crippen LogP contribution in [0.25, 0.3) is 0 Å². The van der Waals surface area contributed by atoms with Crippen molar-refractivity contribution in [3.8, 4) is 0 Å². The Labute approximate surface area is 144 Å². The standard InChI is InChI=1S/C19H27N3O2/c1-13-5-4-6-17(14(13)2)19(24)22-11-9-21(10-12-22)15(3)18(23)20-16-7-8-16/h4-6,15-16H,7-12H2,1-3H3,(H,20,23). The van der Waals surface area contributed by atoms with Crippen molar-refractivity contribution in [2.45, 2.75) is 45.7 Å². The number of rotatable bonds is 4. The van der Waals surface area contributed by atoms with Gasteiger partial charge in [0.2, 0.25) is 5.91 Å². The van der Waals surface area contributed by atoms with Crippen LogP contribution in [-0.2, 0) is 4.79 Å². The fourth-order valence-electron chi connectivity index (χ4n) is 3.18. The number of benzene rings is 1. The fraction of sp³-hybridized carbons (Fsp3) is 0.579. The number of hydrogen-bond acceptors (Lipinski definition) is 3. The second kappa shape index (κ2) is 6.93. The molecule has 1 aliphatic carbocycles. The summed E-state index contributed by atoms with van der Waals surface area (Å²) in [6, 6.07) is 6.15. The minimum atomic E-state index is -0.122. The minimum Gasteiger partial charge on any atom is -0.352 e. The Morgan fingerprint density at radius 2 is 1.79 bits per heavy atom. The van der Waals surface area contributed by atoms with E-state index in [0.29, 0.717) is 19.1 Å². The lowest BCUT2D eigenvalue weighted by Crippen LogP contribution is -2.55. The van der Waals surface area contributed by atoms with E-state index in [4.69, 9.17) is 0 Å². The Balaban J connectivity index is 1.57. The summed E-state index contributed by atoms with van der Waals surface area (Å²) in [5.74, 6) is 0.220. The monoisotopic (exact) mass is 329 g/mol. The number of piperazine rings is 1. The van der Waals surface area contributed by atoms with Gasteiger partial charge >= 0.3 is 0 Å². The molecule has 130 valence electrons. The molecule has 1 aromatic rings. The van der Waals surface area contributed by atoms with Gasteiger partial charge in [0.25, 0.3) is 5.91 Å². The number of amides is 2. The van der Waals surface area contributed by atoms with E-state index < -0.39 is 0 Å². The Hall–Kier alpha value is -1.88. The molecule has 5 nitrogen and oxygen atoms in total. The van der Waals surface area contributed by atoms with Gasteiger partial charge in [0.15, 0.2) is 0 Å². The zero-order valence-corrected chi connectivity index (χ0v) is 14.8. The van der Waals surface area contributed by atoms with E-state index in [1.807, 2.05) is 43.9 Å². The van der Waals surface area contributed by atoms with Gasteiger partial charge in [-0.3, -0.25) is 14.5 Å². The first-order chi connectivity index (χ1) is 11.5. The van der Waals surface area contributed by atoms with Crippen LogP contribution in [0.4, 0.5) is 0 Å². The minimum absolute atomic E-state index is 0.103. The third-order valence-corrected chi connectivity index (χ3v) is 5.29. The number of carbonyl (C=O) groups is 2. The van der Waals surface area contributed by atoms with E-state index in [1.54, 1.807) is 0 Å². The van der Waals surface area contributed by atoms with Gasteiger partial charge in [-0.2, -0.15) is 0 Å². The lowest BCUT2D eigenvalue weighted by molar-refractivity contribution is -0.126. The molecule has 0 aromatic heterocycles. The highest BCUT2D eigenvalue weighted by Gasteiger charge is 2.31. The van der Waals surface area contributed by atoms with Gasteiger partial charge in [0.05, 0.1) is 6.04 Å². The fourth-order valence-corrected chi connectivity index (χ4v) is 3.18. The largest absolute Gasteiger partial charge is 0.352 e. The first-order valence-electron chi connectivity index (χ1n) is 8.87. The van der Waals surface area contributed by atoms with Crippen LogP contribution in [0.3, 0.4) is 0 Å². The van der Waals surface area contributed by atoms with E-state index in [0.717, 1.165) is 42.6 Å². The molecule has 1 saturated carbocycles. The van der Waals surface area contributed by atoms with Gasteiger partial charge in [-0.25, -0.2) is 0 Å². The van der Waals surface area contributed by atoms with Crippen molar-refractivity contribution in [2.75, 3.05) is 26.2 Å². The summed E-state index contributed by atoms with van der Waals surface area (Å²) in [4.78, 5) is 29.0. The number of hydrogen-bond donors (Lipinski definition) is 1. The SMILES string of the molecule is Cc1cccc(C(=O)N2CCN(C(C)C(=O)NC3CC3)CC2)c1C. The maximum atomic E-state index is 12.8. The highest BCUT2D eigenvalue weighted by molar-refractivity contribution is 5.96. The van der Waals surface area contributed by atoms with Crippen LogP contribution in [0.15, 0.2) is 18.2 Å². The van der Waals surface area contributed by atoms with E-state index in [9.17, 15) is 9.59 Å². The Morgan fingerprint density at radius 1 is 1.12 bits per heavy atom. The maximum Gasteiger partial charge on any atom is 0.254 e. The molecule has 24 heavy (non-hydrogen) atoms. The highest BCUT2D eigenvalue weighted by atomic mass is 16.2. The van der Waals surface area contributed by atoms with Crippen LogP contribution < -0.4 is 5.32 Å². The number of nitrogens with zero attached hydrogens (tertiary/aromatic N) is 2. The molecule has 0 bridgehead atoms. The summed E-state index contributed by atoms with van der Waals surface area (Å²) in [6.45, 7) is 8.83. The van der Waals surface area contributed by atoms with E-state index in [-0.39, 0.29) is 17.9 Å². The summed E-state index contributed by atoms with van der Waals surface area (Å²) in [7, 11) is 0. The predicted molar refractivity (Wildman–Crippen MR) is 94.0 cm³/mol. The molecule has 2 amide bonds.